The average Bonchev–Trinajstić information content (AvgIpc) is 2.48. The highest BCUT2D eigenvalue weighted by molar-refractivity contribution is 6.36. The van der Waals surface area contributed by atoms with Gasteiger partial charge in [0.15, 0.2) is 0 Å². The lowest BCUT2D eigenvalue weighted by Crippen LogP contribution is -2.40. The van der Waals surface area contributed by atoms with Crippen molar-refractivity contribution in [1.82, 2.24) is 5.32 Å². The van der Waals surface area contributed by atoms with E-state index in [-0.39, 0.29) is 22.9 Å². The predicted octanol–water partition coefficient (Wildman–Crippen LogP) is 2.51. The highest BCUT2D eigenvalue weighted by atomic mass is 35.5. The van der Waals surface area contributed by atoms with Crippen LogP contribution >= 0.6 is 23.2 Å². The molecule has 1 atom stereocenters. The molecule has 0 saturated carbocycles. The number of allylic oxidation sites excluding steroid dienone is 1. The number of anilines is 1. The zero-order chi connectivity index (χ0) is 17.1. The number of benzene rings is 1. The second kappa shape index (κ2) is 7.02. The van der Waals surface area contributed by atoms with Crippen LogP contribution in [0.4, 0.5) is 5.69 Å². The van der Waals surface area contributed by atoms with Crippen molar-refractivity contribution in [2.45, 2.75) is 13.3 Å². The highest BCUT2D eigenvalue weighted by Crippen LogP contribution is 2.29. The summed E-state index contributed by atoms with van der Waals surface area (Å²) in [5.74, 6) is -2.49. The molecule has 122 valence electrons. The molecule has 6 nitrogen and oxygen atoms in total. The zero-order valence-corrected chi connectivity index (χ0v) is 13.9. The van der Waals surface area contributed by atoms with Crippen molar-refractivity contribution in [2.75, 3.05) is 12.4 Å². The summed E-state index contributed by atoms with van der Waals surface area (Å²) in [7, 11) is 1.21. The summed E-state index contributed by atoms with van der Waals surface area (Å²) >= 11 is 11.8. The van der Waals surface area contributed by atoms with Gasteiger partial charge in [-0.3, -0.25) is 9.59 Å². The minimum absolute atomic E-state index is 0.120. The number of rotatable bonds is 3. The van der Waals surface area contributed by atoms with Gasteiger partial charge in [-0.05, 0) is 25.1 Å². The number of carbonyl (C=O) groups excluding carboxylic acids is 3. The zero-order valence-electron chi connectivity index (χ0n) is 12.4. The Morgan fingerprint density at radius 1 is 1.35 bits per heavy atom. The quantitative estimate of drug-likeness (QED) is 0.815. The molecule has 0 fully saturated rings. The fourth-order valence-corrected chi connectivity index (χ4v) is 2.77. The standard InChI is InChI=1S/C15H14Cl2N2O4/c1-7-13(15(22)23-2)9(6-12(20)18-7)14(21)19-11-4-3-8(16)5-10(11)17/h3-5,9H,6H2,1-2H3,(H,18,20)(H,19,21)/t9-/m1/s1. The largest absolute Gasteiger partial charge is 0.466 e. The third-order valence-electron chi connectivity index (χ3n) is 3.38. The molecule has 0 spiro atoms. The number of amides is 2. The van der Waals surface area contributed by atoms with Gasteiger partial charge in [0.25, 0.3) is 0 Å². The van der Waals surface area contributed by atoms with E-state index in [1.165, 1.54) is 13.2 Å². The van der Waals surface area contributed by atoms with Crippen LogP contribution in [0.15, 0.2) is 29.5 Å². The van der Waals surface area contributed by atoms with Gasteiger partial charge in [0.2, 0.25) is 11.8 Å². The maximum absolute atomic E-state index is 12.5. The van der Waals surface area contributed by atoms with E-state index in [2.05, 4.69) is 10.6 Å². The Morgan fingerprint density at radius 3 is 2.65 bits per heavy atom. The van der Waals surface area contributed by atoms with Gasteiger partial charge in [-0.25, -0.2) is 4.79 Å². The molecule has 0 aromatic heterocycles. The fraction of sp³-hybridized carbons (Fsp3) is 0.267. The molecule has 1 aliphatic heterocycles. The lowest BCUT2D eigenvalue weighted by molar-refractivity contribution is -0.139. The second-order valence-corrected chi connectivity index (χ2v) is 5.79. The van der Waals surface area contributed by atoms with Crippen LogP contribution in [-0.4, -0.2) is 24.9 Å². The van der Waals surface area contributed by atoms with E-state index in [4.69, 9.17) is 27.9 Å². The Bertz CT molecular complexity index is 715. The Hall–Kier alpha value is -2.05. The Labute approximate surface area is 142 Å². The lowest BCUT2D eigenvalue weighted by atomic mass is 9.89. The highest BCUT2D eigenvalue weighted by Gasteiger charge is 2.36. The number of methoxy groups -OCH3 is 1. The molecule has 0 bridgehead atoms. The molecule has 23 heavy (non-hydrogen) atoms. The van der Waals surface area contributed by atoms with Crippen molar-refractivity contribution in [3.63, 3.8) is 0 Å². The summed E-state index contributed by atoms with van der Waals surface area (Å²) in [6, 6.07) is 4.59. The minimum Gasteiger partial charge on any atom is -0.466 e. The van der Waals surface area contributed by atoms with Gasteiger partial charge in [-0.1, -0.05) is 23.2 Å². The summed E-state index contributed by atoms with van der Waals surface area (Å²) in [5.41, 5.74) is 0.763. The number of halogens is 2. The first-order chi connectivity index (χ1) is 10.8. The summed E-state index contributed by atoms with van der Waals surface area (Å²) in [6.07, 6.45) is -0.154. The topological polar surface area (TPSA) is 84.5 Å². The molecule has 2 rings (SSSR count). The van der Waals surface area contributed by atoms with Crippen molar-refractivity contribution in [2.24, 2.45) is 5.92 Å². The van der Waals surface area contributed by atoms with Gasteiger partial charge in [0.05, 0.1) is 29.3 Å². The molecular formula is C15H14Cl2N2O4. The first-order valence-corrected chi connectivity index (χ1v) is 7.44. The summed E-state index contributed by atoms with van der Waals surface area (Å²) in [5, 5.41) is 5.82. The van der Waals surface area contributed by atoms with E-state index in [1.807, 2.05) is 0 Å². The maximum Gasteiger partial charge on any atom is 0.336 e. The second-order valence-electron chi connectivity index (χ2n) is 4.95. The lowest BCUT2D eigenvalue weighted by Gasteiger charge is -2.25. The third kappa shape index (κ3) is 3.83. The molecule has 8 heteroatoms. The average molecular weight is 357 g/mol. The van der Waals surface area contributed by atoms with E-state index < -0.39 is 17.8 Å². The van der Waals surface area contributed by atoms with E-state index in [1.54, 1.807) is 19.1 Å². The summed E-state index contributed by atoms with van der Waals surface area (Å²) in [6.45, 7) is 1.54. The van der Waals surface area contributed by atoms with Crippen molar-refractivity contribution < 1.29 is 19.1 Å². The van der Waals surface area contributed by atoms with Gasteiger partial charge in [-0.15, -0.1) is 0 Å². The van der Waals surface area contributed by atoms with Gasteiger partial charge >= 0.3 is 5.97 Å². The van der Waals surface area contributed by atoms with Crippen LogP contribution in [0, 0.1) is 5.92 Å². The van der Waals surface area contributed by atoms with Crippen LogP contribution < -0.4 is 10.6 Å². The van der Waals surface area contributed by atoms with Gasteiger partial charge in [0.1, 0.15) is 0 Å². The summed E-state index contributed by atoms with van der Waals surface area (Å²) in [4.78, 5) is 36.1. The first-order valence-electron chi connectivity index (χ1n) is 6.68. The number of carbonyl (C=O) groups is 3. The normalized spacial score (nSPS) is 17.6. The van der Waals surface area contributed by atoms with Crippen LogP contribution in [0.2, 0.25) is 10.0 Å². The molecule has 0 aliphatic carbocycles. The molecule has 0 radical (unpaired) electrons. The number of nitrogens with one attached hydrogen (secondary N) is 2. The number of hydrogen-bond acceptors (Lipinski definition) is 4. The number of ether oxygens (including phenoxy) is 1. The van der Waals surface area contributed by atoms with Crippen LogP contribution in [0.1, 0.15) is 13.3 Å². The minimum atomic E-state index is -0.956. The van der Waals surface area contributed by atoms with Crippen molar-refractivity contribution in [1.29, 1.82) is 0 Å². The van der Waals surface area contributed by atoms with Crippen molar-refractivity contribution in [3.05, 3.63) is 39.5 Å². The van der Waals surface area contributed by atoms with E-state index in [9.17, 15) is 14.4 Å². The van der Waals surface area contributed by atoms with Gasteiger partial charge < -0.3 is 15.4 Å². The summed E-state index contributed by atoms with van der Waals surface area (Å²) < 4.78 is 4.69. The molecular weight excluding hydrogens is 343 g/mol. The van der Waals surface area contributed by atoms with E-state index in [0.29, 0.717) is 16.4 Å². The smallest absolute Gasteiger partial charge is 0.336 e. The number of esters is 1. The van der Waals surface area contributed by atoms with Crippen LogP contribution in [0.25, 0.3) is 0 Å². The molecule has 2 N–H and O–H groups in total. The van der Waals surface area contributed by atoms with Crippen molar-refractivity contribution >= 4 is 46.7 Å². The molecule has 0 saturated heterocycles. The van der Waals surface area contributed by atoms with E-state index in [0.717, 1.165) is 0 Å². The number of hydrogen-bond donors (Lipinski definition) is 2. The first kappa shape index (κ1) is 17.3. The Kier molecular flexibility index (Phi) is 5.28. The third-order valence-corrected chi connectivity index (χ3v) is 3.93. The monoisotopic (exact) mass is 356 g/mol. The van der Waals surface area contributed by atoms with Gasteiger partial charge in [-0.2, -0.15) is 0 Å². The SMILES string of the molecule is COC(=O)C1=C(C)NC(=O)C[C@H]1C(=O)Nc1ccc(Cl)cc1Cl. The van der Waals surface area contributed by atoms with Crippen LogP contribution in [-0.2, 0) is 19.1 Å². The van der Waals surface area contributed by atoms with Gasteiger partial charge in [0, 0.05) is 17.1 Å². The predicted molar refractivity (Wildman–Crippen MR) is 86.1 cm³/mol. The maximum atomic E-state index is 12.5. The molecule has 1 aromatic rings. The Balaban J connectivity index is 2.30. The van der Waals surface area contributed by atoms with Crippen LogP contribution in [0.5, 0.6) is 0 Å². The molecule has 1 heterocycles. The molecule has 1 aliphatic rings. The molecule has 0 unspecified atom stereocenters. The van der Waals surface area contributed by atoms with E-state index >= 15 is 0 Å². The Morgan fingerprint density at radius 2 is 2.04 bits per heavy atom. The fourth-order valence-electron chi connectivity index (χ4n) is 2.32. The molecule has 2 amide bonds. The van der Waals surface area contributed by atoms with Crippen LogP contribution in [0.3, 0.4) is 0 Å². The van der Waals surface area contributed by atoms with Crippen molar-refractivity contribution in [3.8, 4) is 0 Å². The molecule has 1 aromatic carbocycles.